The van der Waals surface area contributed by atoms with Gasteiger partial charge in [0.25, 0.3) is 5.91 Å². The van der Waals surface area contributed by atoms with Crippen LogP contribution in [0.3, 0.4) is 0 Å². The summed E-state index contributed by atoms with van der Waals surface area (Å²) < 4.78 is 4.88. The third-order valence-electron chi connectivity index (χ3n) is 1.53. The number of ether oxygens (including phenoxy) is 1. The smallest absolute Gasteiger partial charge is 0.272 e. The highest BCUT2D eigenvalue weighted by Gasteiger charge is 2.12. The quantitative estimate of drug-likeness (QED) is 0.786. The Bertz CT molecular complexity index is 345. The molecule has 0 atom stereocenters. The molecule has 0 aliphatic carbocycles. The summed E-state index contributed by atoms with van der Waals surface area (Å²) in [7, 11) is 1.41. The molecule has 6 nitrogen and oxygen atoms in total. The molecule has 0 unspecified atom stereocenters. The van der Waals surface area contributed by atoms with Gasteiger partial charge in [-0.05, 0) is 6.92 Å². The van der Waals surface area contributed by atoms with Gasteiger partial charge in [0.05, 0.1) is 13.3 Å². The van der Waals surface area contributed by atoms with E-state index in [0.29, 0.717) is 12.4 Å². The molecule has 0 bridgehead atoms. The number of anilines is 1. The molecular formula is C8H13ClN4O2. The lowest BCUT2D eigenvalue weighted by atomic mass is 10.4. The van der Waals surface area contributed by atoms with Crippen molar-refractivity contribution in [3.05, 3.63) is 11.9 Å². The molecule has 0 aliphatic heterocycles. The maximum Gasteiger partial charge on any atom is 0.272 e. The van der Waals surface area contributed by atoms with E-state index in [-0.39, 0.29) is 24.0 Å². The van der Waals surface area contributed by atoms with Crippen LogP contribution in [0.15, 0.2) is 6.20 Å². The number of hydrogen-bond acceptors (Lipinski definition) is 5. The van der Waals surface area contributed by atoms with Gasteiger partial charge in [0, 0.05) is 6.54 Å². The Hall–Kier alpha value is -1.56. The fourth-order valence-corrected chi connectivity index (χ4v) is 0.950. The van der Waals surface area contributed by atoms with E-state index in [0.717, 1.165) is 0 Å². The van der Waals surface area contributed by atoms with Gasteiger partial charge in [-0.1, -0.05) is 0 Å². The third kappa shape index (κ3) is 3.25. The van der Waals surface area contributed by atoms with E-state index in [9.17, 15) is 4.79 Å². The van der Waals surface area contributed by atoms with Gasteiger partial charge in [-0.25, -0.2) is 4.98 Å². The van der Waals surface area contributed by atoms with Crippen molar-refractivity contribution >= 4 is 24.1 Å². The van der Waals surface area contributed by atoms with E-state index < -0.39 is 5.91 Å². The normalized spacial score (nSPS) is 8.93. The molecule has 0 saturated heterocycles. The number of methoxy groups -OCH3 is 1. The van der Waals surface area contributed by atoms with Crippen molar-refractivity contribution in [2.24, 2.45) is 5.73 Å². The highest BCUT2D eigenvalue weighted by molar-refractivity contribution is 5.93. The zero-order valence-electron chi connectivity index (χ0n) is 8.48. The summed E-state index contributed by atoms with van der Waals surface area (Å²) in [5, 5.41) is 2.94. The number of hydrogen-bond donors (Lipinski definition) is 2. The molecule has 0 saturated carbocycles. The number of carbonyl (C=O) groups is 1. The molecule has 84 valence electrons. The summed E-state index contributed by atoms with van der Waals surface area (Å²) in [5.41, 5.74) is 5.11. The zero-order valence-corrected chi connectivity index (χ0v) is 9.30. The molecule has 7 heteroatoms. The first kappa shape index (κ1) is 13.4. The van der Waals surface area contributed by atoms with Gasteiger partial charge >= 0.3 is 0 Å². The van der Waals surface area contributed by atoms with Crippen LogP contribution in [0.4, 0.5) is 5.82 Å². The third-order valence-corrected chi connectivity index (χ3v) is 1.53. The molecular weight excluding hydrogens is 220 g/mol. The van der Waals surface area contributed by atoms with Gasteiger partial charge in [-0.15, -0.1) is 12.4 Å². The van der Waals surface area contributed by atoms with Crippen LogP contribution >= 0.6 is 12.4 Å². The van der Waals surface area contributed by atoms with Crippen LogP contribution in [0.1, 0.15) is 17.4 Å². The van der Waals surface area contributed by atoms with Crippen LogP contribution in [0.5, 0.6) is 5.88 Å². The summed E-state index contributed by atoms with van der Waals surface area (Å²) in [6.45, 7) is 2.64. The van der Waals surface area contributed by atoms with Gasteiger partial charge in [-0.2, -0.15) is 4.98 Å². The van der Waals surface area contributed by atoms with Crippen molar-refractivity contribution in [2.75, 3.05) is 19.0 Å². The van der Waals surface area contributed by atoms with E-state index >= 15 is 0 Å². The molecule has 0 fully saturated rings. The maximum atomic E-state index is 10.9. The number of amides is 1. The minimum absolute atomic E-state index is 0. The fourth-order valence-electron chi connectivity index (χ4n) is 0.950. The largest absolute Gasteiger partial charge is 0.479 e. The fraction of sp³-hybridized carbons (Fsp3) is 0.375. The monoisotopic (exact) mass is 232 g/mol. The van der Waals surface area contributed by atoms with E-state index in [1.54, 1.807) is 0 Å². The maximum absolute atomic E-state index is 10.9. The van der Waals surface area contributed by atoms with Crippen molar-refractivity contribution in [2.45, 2.75) is 6.92 Å². The van der Waals surface area contributed by atoms with Crippen molar-refractivity contribution in [1.29, 1.82) is 0 Å². The molecule has 15 heavy (non-hydrogen) atoms. The predicted molar refractivity (Wildman–Crippen MR) is 58.5 cm³/mol. The van der Waals surface area contributed by atoms with Crippen LogP contribution in [0, 0.1) is 0 Å². The topological polar surface area (TPSA) is 90.1 Å². The van der Waals surface area contributed by atoms with Crippen molar-refractivity contribution in [3.8, 4) is 5.88 Å². The molecule has 0 spiro atoms. The van der Waals surface area contributed by atoms with Gasteiger partial charge < -0.3 is 15.8 Å². The van der Waals surface area contributed by atoms with Gasteiger partial charge in [0.1, 0.15) is 5.82 Å². The molecule has 1 amide bonds. The van der Waals surface area contributed by atoms with Crippen LogP contribution in [0.25, 0.3) is 0 Å². The number of carbonyl (C=O) groups excluding carboxylic acids is 1. The molecule has 0 radical (unpaired) electrons. The Labute approximate surface area is 93.6 Å². The Morgan fingerprint density at radius 1 is 1.67 bits per heavy atom. The minimum Gasteiger partial charge on any atom is -0.479 e. The second-order valence-electron chi connectivity index (χ2n) is 2.51. The average Bonchev–Trinajstić information content (AvgIpc) is 2.17. The lowest BCUT2D eigenvalue weighted by Gasteiger charge is -2.06. The molecule has 3 N–H and O–H groups in total. The molecule has 0 aliphatic rings. The zero-order chi connectivity index (χ0) is 10.6. The first-order valence-electron chi connectivity index (χ1n) is 4.13. The van der Waals surface area contributed by atoms with Gasteiger partial charge in [-0.3, -0.25) is 4.79 Å². The molecule has 1 aromatic rings. The summed E-state index contributed by atoms with van der Waals surface area (Å²) in [5.74, 6) is 0.0303. The lowest BCUT2D eigenvalue weighted by molar-refractivity contribution is 0.0991. The number of halogens is 1. The van der Waals surface area contributed by atoms with E-state index in [1.807, 2.05) is 6.92 Å². The van der Waals surface area contributed by atoms with E-state index in [4.69, 9.17) is 10.5 Å². The van der Waals surface area contributed by atoms with Crippen LogP contribution in [-0.4, -0.2) is 29.5 Å². The number of nitrogens with zero attached hydrogens (tertiary/aromatic N) is 2. The number of nitrogens with one attached hydrogen (secondary N) is 1. The number of aromatic nitrogens is 2. The van der Waals surface area contributed by atoms with Crippen molar-refractivity contribution in [1.82, 2.24) is 9.97 Å². The minimum atomic E-state index is -0.655. The van der Waals surface area contributed by atoms with E-state index in [1.165, 1.54) is 13.3 Å². The average molecular weight is 233 g/mol. The molecule has 1 rings (SSSR count). The Balaban J connectivity index is 0.00000196. The van der Waals surface area contributed by atoms with Gasteiger partial charge in [0.2, 0.25) is 5.88 Å². The Morgan fingerprint density at radius 3 is 2.80 bits per heavy atom. The summed E-state index contributed by atoms with van der Waals surface area (Å²) in [6.07, 6.45) is 1.44. The number of rotatable bonds is 4. The van der Waals surface area contributed by atoms with Crippen LogP contribution in [-0.2, 0) is 0 Å². The van der Waals surface area contributed by atoms with Crippen molar-refractivity contribution < 1.29 is 9.53 Å². The summed E-state index contributed by atoms with van der Waals surface area (Å²) in [6, 6.07) is 0. The second-order valence-corrected chi connectivity index (χ2v) is 2.51. The predicted octanol–water partition coefficient (Wildman–Crippen LogP) is 0.438. The van der Waals surface area contributed by atoms with Crippen molar-refractivity contribution in [3.63, 3.8) is 0 Å². The Morgan fingerprint density at radius 2 is 2.33 bits per heavy atom. The highest BCUT2D eigenvalue weighted by atomic mass is 35.5. The van der Waals surface area contributed by atoms with Gasteiger partial charge in [0.15, 0.2) is 5.69 Å². The second kappa shape index (κ2) is 6.02. The summed E-state index contributed by atoms with van der Waals surface area (Å²) in [4.78, 5) is 18.7. The number of nitrogens with two attached hydrogens (primary N) is 1. The summed E-state index contributed by atoms with van der Waals surface area (Å²) >= 11 is 0. The lowest BCUT2D eigenvalue weighted by Crippen LogP contribution is -2.16. The molecule has 0 aromatic carbocycles. The first-order chi connectivity index (χ1) is 6.69. The van der Waals surface area contributed by atoms with Crippen LogP contribution < -0.4 is 15.8 Å². The first-order valence-corrected chi connectivity index (χ1v) is 4.13. The highest BCUT2D eigenvalue weighted by Crippen LogP contribution is 2.14. The Kier molecular flexibility index (Phi) is 5.40. The van der Waals surface area contributed by atoms with E-state index in [2.05, 4.69) is 15.3 Å². The molecule has 1 heterocycles. The number of primary amides is 1. The van der Waals surface area contributed by atoms with Crippen LogP contribution in [0.2, 0.25) is 0 Å². The SMILES string of the molecule is CCNc1cnc(C(N)=O)c(OC)n1.Cl. The molecule has 1 aromatic heterocycles. The standard InChI is InChI=1S/C8H12N4O2.ClH/c1-3-10-5-4-11-6(7(9)13)8(12-5)14-2;/h4H,3H2,1-2H3,(H2,9,13)(H,10,12);1H.